The van der Waals surface area contributed by atoms with Crippen molar-refractivity contribution in [3.63, 3.8) is 0 Å². The van der Waals surface area contributed by atoms with Crippen molar-refractivity contribution in [2.75, 3.05) is 0 Å². The Morgan fingerprint density at radius 1 is 1.80 bits per heavy atom. The summed E-state index contributed by atoms with van der Waals surface area (Å²) in [6, 6.07) is 0. The van der Waals surface area contributed by atoms with Crippen molar-refractivity contribution in [3.8, 4) is 0 Å². The molecule has 24 valence electrons. The van der Waals surface area contributed by atoms with E-state index in [4.69, 9.17) is 15.3 Å². The molecule has 0 aromatic carbocycles. The first-order valence-electron chi connectivity index (χ1n) is 0.565. The fourth-order valence-corrected chi connectivity index (χ4v) is 0. The zero-order chi connectivity index (χ0) is 3.58. The monoisotopic (exact) mass is 90.0 g/mol. The van der Waals surface area contributed by atoms with Gasteiger partial charge in [-0.15, -0.1) is 10.1 Å². The molecular weight excluding hydrogens is 89.0 g/mol. The van der Waals surface area contributed by atoms with Crippen molar-refractivity contribution in [2.45, 2.75) is 0 Å². The third-order valence-electron chi connectivity index (χ3n) is 0. The van der Waals surface area contributed by atoms with E-state index < -0.39 is 5.09 Å². The van der Waals surface area contributed by atoms with E-state index in [1.807, 2.05) is 0 Å². The van der Waals surface area contributed by atoms with E-state index in [1.165, 1.54) is 0 Å². The Morgan fingerprint density at radius 3 is 1.80 bits per heavy atom. The summed E-state index contributed by atoms with van der Waals surface area (Å²) in [6.07, 6.45) is 0. The molecule has 0 fully saturated rings. The number of hydrogen-bond donors (Lipinski definition) is 1. The van der Waals surface area contributed by atoms with E-state index >= 15 is 0 Å². The van der Waals surface area contributed by atoms with Crippen LogP contribution < -0.4 is 0 Å². The molecule has 0 spiro atoms. The molecule has 4 nitrogen and oxygen atoms in total. The molecule has 0 aromatic rings. The van der Waals surface area contributed by atoms with Gasteiger partial charge in [0, 0.05) is 0 Å². The normalized spacial score (nSPS) is 4.80. The van der Waals surface area contributed by atoms with Crippen LogP contribution in [-0.2, 0) is 0 Å². The molecule has 0 unspecified atom stereocenters. The molecule has 0 heterocycles. The van der Waals surface area contributed by atoms with Gasteiger partial charge in [-0.1, -0.05) is 0 Å². The summed E-state index contributed by atoms with van der Waals surface area (Å²) >= 11 is 0. The van der Waals surface area contributed by atoms with Gasteiger partial charge in [-0.3, -0.25) is 0 Å². The summed E-state index contributed by atoms with van der Waals surface area (Å²) < 4.78 is 0. The van der Waals surface area contributed by atoms with Crippen LogP contribution in [0, 0.1) is 10.1 Å². The van der Waals surface area contributed by atoms with Crippen molar-refractivity contribution < 1.29 is 10.3 Å². The summed E-state index contributed by atoms with van der Waals surface area (Å²) in [5, 5.41) is 13.6. The molecular formula is HAlNO3+3. The first-order chi connectivity index (χ1) is 1.73. The van der Waals surface area contributed by atoms with E-state index in [-0.39, 0.29) is 17.4 Å². The van der Waals surface area contributed by atoms with E-state index in [1.54, 1.807) is 0 Å². The molecule has 5 heavy (non-hydrogen) atoms. The van der Waals surface area contributed by atoms with E-state index in [0.717, 1.165) is 0 Å². The Balaban J connectivity index is 0. The summed E-state index contributed by atoms with van der Waals surface area (Å²) in [5.74, 6) is 0. The SMILES string of the molecule is O=[N+]([O-])O.[Al+3]. The molecule has 5 heteroatoms. The van der Waals surface area contributed by atoms with Crippen LogP contribution >= 0.6 is 0 Å². The maximum absolute atomic E-state index is 8.36. The van der Waals surface area contributed by atoms with Crippen molar-refractivity contribution in [1.82, 2.24) is 0 Å². The van der Waals surface area contributed by atoms with Gasteiger partial charge in [0.2, 0.25) is 0 Å². The summed E-state index contributed by atoms with van der Waals surface area (Å²) in [5.41, 5.74) is 0. The fraction of sp³-hybridized carbons (Fsp3) is 0. The second-order valence-corrected chi connectivity index (χ2v) is 0.238. The minimum absolute atomic E-state index is 0. The minimum atomic E-state index is -1.50. The van der Waals surface area contributed by atoms with E-state index in [0.29, 0.717) is 0 Å². The summed E-state index contributed by atoms with van der Waals surface area (Å²) in [4.78, 5) is 8.36. The Bertz CT molecular complexity index is 29.9. The van der Waals surface area contributed by atoms with Crippen molar-refractivity contribution in [2.24, 2.45) is 0 Å². The zero-order valence-corrected chi connectivity index (χ0v) is 3.44. The molecule has 0 bridgehead atoms. The molecule has 0 aromatic heterocycles. The second-order valence-electron chi connectivity index (χ2n) is 0.238. The second kappa shape index (κ2) is 3.73. The van der Waals surface area contributed by atoms with Crippen molar-refractivity contribution >= 4 is 17.4 Å². The standard InChI is InChI=1S/Al.HNO3/c;2-1(3)4/h;(H,2,3,4)/q+3;. The molecule has 0 aliphatic heterocycles. The van der Waals surface area contributed by atoms with Gasteiger partial charge in [-0.25, -0.2) is 0 Å². The van der Waals surface area contributed by atoms with Crippen LogP contribution in [0.2, 0.25) is 0 Å². The van der Waals surface area contributed by atoms with Gasteiger partial charge in [0.1, 0.15) is 0 Å². The number of rotatable bonds is 0. The van der Waals surface area contributed by atoms with Crippen LogP contribution in [0.5, 0.6) is 0 Å². The Hall–Kier alpha value is -0.268. The van der Waals surface area contributed by atoms with Gasteiger partial charge in [-0.2, -0.15) is 0 Å². The van der Waals surface area contributed by atoms with Crippen molar-refractivity contribution in [3.05, 3.63) is 10.1 Å². The summed E-state index contributed by atoms with van der Waals surface area (Å²) in [7, 11) is 0. The molecule has 0 saturated carbocycles. The third-order valence-corrected chi connectivity index (χ3v) is 0. The van der Waals surface area contributed by atoms with Gasteiger partial charge in [0.05, 0.1) is 0 Å². The first-order valence-corrected chi connectivity index (χ1v) is 0.565. The van der Waals surface area contributed by atoms with Gasteiger partial charge in [-0.05, 0) is 0 Å². The van der Waals surface area contributed by atoms with Crippen LogP contribution in [0.3, 0.4) is 0 Å². The van der Waals surface area contributed by atoms with E-state index in [9.17, 15) is 0 Å². The molecule has 0 radical (unpaired) electrons. The Kier molecular flexibility index (Phi) is 6.59. The van der Waals surface area contributed by atoms with Gasteiger partial charge in [0.15, 0.2) is 0 Å². The average molecular weight is 90.0 g/mol. The summed E-state index contributed by atoms with van der Waals surface area (Å²) in [6.45, 7) is 0. The zero-order valence-electron chi connectivity index (χ0n) is 2.29. The Labute approximate surface area is 38.6 Å². The molecule has 0 aliphatic carbocycles. The van der Waals surface area contributed by atoms with Crippen LogP contribution in [-0.4, -0.2) is 27.7 Å². The number of nitrogens with zero attached hydrogens (tertiary/aromatic N) is 1. The quantitative estimate of drug-likeness (QED) is 0.242. The molecule has 1 N–H and O–H groups in total. The van der Waals surface area contributed by atoms with Crippen molar-refractivity contribution in [1.29, 1.82) is 0 Å². The third kappa shape index (κ3) is 157. The van der Waals surface area contributed by atoms with Gasteiger partial charge >= 0.3 is 17.4 Å². The predicted octanol–water partition coefficient (Wildman–Crippen LogP) is -0.729. The number of hydrogen-bond acceptors (Lipinski definition) is 2. The van der Waals surface area contributed by atoms with Crippen LogP contribution in [0.4, 0.5) is 0 Å². The molecule has 0 atom stereocenters. The average Bonchev–Trinajstić information content (AvgIpc) is 0.811. The fourth-order valence-electron chi connectivity index (χ4n) is 0. The minimum Gasteiger partial charge on any atom is -0.328 e. The van der Waals surface area contributed by atoms with Gasteiger partial charge in [0.25, 0.3) is 5.09 Å². The molecule has 0 rings (SSSR count). The maximum Gasteiger partial charge on any atom is 3.00 e. The van der Waals surface area contributed by atoms with Crippen LogP contribution in [0.1, 0.15) is 0 Å². The molecule has 0 amide bonds. The molecule has 0 saturated heterocycles. The predicted molar refractivity (Wildman–Crippen MR) is 14.5 cm³/mol. The van der Waals surface area contributed by atoms with Crippen LogP contribution in [0.15, 0.2) is 0 Å². The maximum atomic E-state index is 8.36. The smallest absolute Gasteiger partial charge is 0.328 e. The molecule has 0 aliphatic rings. The van der Waals surface area contributed by atoms with Gasteiger partial charge < -0.3 is 5.21 Å². The topological polar surface area (TPSA) is 63.4 Å². The first kappa shape index (κ1) is 8.83. The Morgan fingerprint density at radius 2 is 1.80 bits per heavy atom. The largest absolute Gasteiger partial charge is 3.00 e. The van der Waals surface area contributed by atoms with E-state index in [2.05, 4.69) is 0 Å². The van der Waals surface area contributed by atoms with Crippen LogP contribution in [0.25, 0.3) is 0 Å².